The summed E-state index contributed by atoms with van der Waals surface area (Å²) in [6.07, 6.45) is 6.09. The molecule has 7 nitrogen and oxygen atoms in total. The van der Waals surface area contributed by atoms with Gasteiger partial charge in [-0.3, -0.25) is 4.98 Å². The predicted octanol–water partition coefficient (Wildman–Crippen LogP) is 4.69. The van der Waals surface area contributed by atoms with E-state index in [-0.39, 0.29) is 5.56 Å². The molecule has 5 heterocycles. The molecule has 0 radical (unpaired) electrons. The number of fused-ring (bicyclic) bond motifs is 4. The minimum atomic E-state index is -0.475. The van der Waals surface area contributed by atoms with Gasteiger partial charge in [0, 0.05) is 35.6 Å². The van der Waals surface area contributed by atoms with Crippen molar-refractivity contribution >= 4 is 43.3 Å². The monoisotopic (exact) mass is 460 g/mol. The van der Waals surface area contributed by atoms with Crippen molar-refractivity contribution in [2.45, 2.75) is 39.4 Å². The van der Waals surface area contributed by atoms with Crippen LogP contribution in [-0.4, -0.2) is 28.0 Å². The number of aryl methyl sites for hydroxylation is 1. The Morgan fingerprint density at radius 3 is 2.76 bits per heavy atom. The molecule has 0 saturated carbocycles. The van der Waals surface area contributed by atoms with Crippen molar-refractivity contribution in [1.82, 2.24) is 15.0 Å². The number of nitriles is 1. The number of hydrogen-bond donors (Lipinski definition) is 1. The number of nitrogens with zero attached hydrogens (tertiary/aromatic N) is 5. The summed E-state index contributed by atoms with van der Waals surface area (Å²) in [7, 11) is 0. The van der Waals surface area contributed by atoms with Crippen LogP contribution >= 0.6 is 11.3 Å². The molecule has 9 heteroatoms. The first-order valence-corrected chi connectivity index (χ1v) is 11.9. The van der Waals surface area contributed by atoms with E-state index in [1.165, 1.54) is 6.20 Å². The SMILES string of the molecule is CCc1c(-c2ncc(F)c3sc(N)c(C#N)c23)c2c(c3cnc(N4CCCC4)nc13)COC2. The third-order valence-corrected chi connectivity index (χ3v) is 7.66. The molecule has 2 aliphatic rings. The molecule has 2 N–H and O–H groups in total. The Morgan fingerprint density at radius 2 is 2.00 bits per heavy atom. The molecule has 166 valence electrons. The molecule has 3 aromatic heterocycles. The topological polar surface area (TPSA) is 101 Å². The summed E-state index contributed by atoms with van der Waals surface area (Å²) in [5, 5.41) is 11.5. The Balaban J connectivity index is 1.72. The lowest BCUT2D eigenvalue weighted by molar-refractivity contribution is 0.135. The van der Waals surface area contributed by atoms with Gasteiger partial charge < -0.3 is 15.4 Å². The van der Waals surface area contributed by atoms with Crippen LogP contribution in [0.4, 0.5) is 15.3 Å². The summed E-state index contributed by atoms with van der Waals surface area (Å²) in [6.45, 7) is 4.85. The van der Waals surface area contributed by atoms with Gasteiger partial charge in [0.1, 0.15) is 11.1 Å². The van der Waals surface area contributed by atoms with E-state index >= 15 is 0 Å². The fourth-order valence-corrected chi connectivity index (χ4v) is 6.02. The van der Waals surface area contributed by atoms with Crippen molar-refractivity contribution < 1.29 is 9.13 Å². The van der Waals surface area contributed by atoms with Crippen molar-refractivity contribution in [3.63, 3.8) is 0 Å². The second-order valence-electron chi connectivity index (χ2n) is 8.40. The average Bonchev–Trinajstić information content (AvgIpc) is 3.58. The van der Waals surface area contributed by atoms with Crippen LogP contribution in [0.25, 0.3) is 32.2 Å². The van der Waals surface area contributed by atoms with E-state index in [0.29, 0.717) is 40.4 Å². The van der Waals surface area contributed by atoms with Crippen molar-refractivity contribution in [2.75, 3.05) is 23.7 Å². The lowest BCUT2D eigenvalue weighted by Crippen LogP contribution is -2.20. The van der Waals surface area contributed by atoms with Crippen LogP contribution in [0.3, 0.4) is 0 Å². The highest BCUT2D eigenvalue weighted by atomic mass is 32.1. The molecule has 1 fully saturated rings. The van der Waals surface area contributed by atoms with Gasteiger partial charge in [-0.1, -0.05) is 6.92 Å². The Labute approximate surface area is 193 Å². The van der Waals surface area contributed by atoms with E-state index in [0.717, 1.165) is 76.4 Å². The molecular weight excluding hydrogens is 439 g/mol. The van der Waals surface area contributed by atoms with Crippen molar-refractivity contribution in [3.05, 3.63) is 40.5 Å². The number of aromatic nitrogens is 3. The maximum Gasteiger partial charge on any atom is 0.225 e. The molecule has 2 aliphatic heterocycles. The third kappa shape index (κ3) is 2.91. The van der Waals surface area contributed by atoms with E-state index in [2.05, 4.69) is 27.9 Å². The Kier molecular flexibility index (Phi) is 4.67. The summed E-state index contributed by atoms with van der Waals surface area (Å²) in [6, 6.07) is 2.16. The normalized spacial score (nSPS) is 15.5. The van der Waals surface area contributed by atoms with Crippen LogP contribution in [0.5, 0.6) is 0 Å². The lowest BCUT2D eigenvalue weighted by Gasteiger charge is -2.20. The van der Waals surface area contributed by atoms with Crippen LogP contribution in [-0.2, 0) is 24.4 Å². The van der Waals surface area contributed by atoms with E-state index in [4.69, 9.17) is 15.5 Å². The Morgan fingerprint density at radius 1 is 1.21 bits per heavy atom. The molecule has 0 spiro atoms. The van der Waals surface area contributed by atoms with E-state index in [1.54, 1.807) is 0 Å². The number of thiophene rings is 1. The molecule has 0 unspecified atom stereocenters. The van der Waals surface area contributed by atoms with Crippen LogP contribution in [0, 0.1) is 17.1 Å². The minimum Gasteiger partial charge on any atom is -0.389 e. The summed E-state index contributed by atoms with van der Waals surface area (Å²) < 4.78 is 20.9. The first-order chi connectivity index (χ1) is 16.1. The smallest absolute Gasteiger partial charge is 0.225 e. The van der Waals surface area contributed by atoms with Crippen LogP contribution in [0.1, 0.15) is 42.0 Å². The third-order valence-electron chi connectivity index (χ3n) is 6.63. The highest BCUT2D eigenvalue weighted by Crippen LogP contribution is 2.45. The minimum absolute atomic E-state index is 0.271. The summed E-state index contributed by atoms with van der Waals surface area (Å²) in [4.78, 5) is 16.4. The number of halogens is 1. The first kappa shape index (κ1) is 20.3. The van der Waals surface area contributed by atoms with Gasteiger partial charge >= 0.3 is 0 Å². The van der Waals surface area contributed by atoms with E-state index < -0.39 is 5.82 Å². The van der Waals surface area contributed by atoms with Crippen molar-refractivity contribution in [1.29, 1.82) is 5.26 Å². The zero-order valence-corrected chi connectivity index (χ0v) is 18.9. The molecule has 1 saturated heterocycles. The van der Waals surface area contributed by atoms with Gasteiger partial charge in [-0.05, 0) is 36.0 Å². The van der Waals surface area contributed by atoms with Gasteiger partial charge in [-0.25, -0.2) is 14.4 Å². The van der Waals surface area contributed by atoms with Gasteiger partial charge in [-0.15, -0.1) is 11.3 Å². The molecule has 6 rings (SSSR count). The molecule has 0 aliphatic carbocycles. The quantitative estimate of drug-likeness (QED) is 0.473. The summed E-state index contributed by atoms with van der Waals surface area (Å²) in [5.41, 5.74) is 11.7. The highest BCUT2D eigenvalue weighted by Gasteiger charge is 2.29. The number of anilines is 2. The predicted molar refractivity (Wildman–Crippen MR) is 127 cm³/mol. The maximum absolute atomic E-state index is 14.7. The second kappa shape index (κ2) is 7.61. The van der Waals surface area contributed by atoms with Crippen LogP contribution in [0.15, 0.2) is 12.4 Å². The Bertz CT molecular complexity index is 1480. The van der Waals surface area contributed by atoms with Gasteiger partial charge in [-0.2, -0.15) is 5.26 Å². The summed E-state index contributed by atoms with van der Waals surface area (Å²) >= 11 is 1.09. The fourth-order valence-electron chi connectivity index (χ4n) is 5.10. The number of ether oxygens (including phenoxy) is 1. The second-order valence-corrected chi connectivity index (χ2v) is 9.45. The van der Waals surface area contributed by atoms with Gasteiger partial charge in [0.25, 0.3) is 0 Å². The molecule has 0 bridgehead atoms. The largest absolute Gasteiger partial charge is 0.389 e. The summed E-state index contributed by atoms with van der Waals surface area (Å²) in [5.74, 6) is 0.256. The number of pyridine rings is 1. The maximum atomic E-state index is 14.7. The first-order valence-electron chi connectivity index (χ1n) is 11.0. The van der Waals surface area contributed by atoms with E-state index in [1.807, 2.05) is 6.20 Å². The van der Waals surface area contributed by atoms with Gasteiger partial charge in [0.2, 0.25) is 5.95 Å². The van der Waals surface area contributed by atoms with Crippen molar-refractivity contribution in [2.24, 2.45) is 0 Å². The molecule has 1 aromatic carbocycles. The molecule has 33 heavy (non-hydrogen) atoms. The van der Waals surface area contributed by atoms with Gasteiger partial charge in [0.05, 0.1) is 40.9 Å². The number of nitrogen functional groups attached to an aromatic ring is 1. The molecular formula is C24H21FN6OS. The zero-order chi connectivity index (χ0) is 22.7. The zero-order valence-electron chi connectivity index (χ0n) is 18.1. The Hall–Kier alpha value is -3.35. The number of rotatable bonds is 3. The highest BCUT2D eigenvalue weighted by molar-refractivity contribution is 7.23. The average molecular weight is 461 g/mol. The van der Waals surface area contributed by atoms with E-state index in [9.17, 15) is 9.65 Å². The number of benzene rings is 1. The number of hydrogen-bond acceptors (Lipinski definition) is 8. The standard InChI is InChI=1S/C24H21FN6OS/c1-2-12-18(21-19-13(7-26)23(27)33-22(19)17(25)9-28-21)16-11-32-10-15(16)14-8-29-24(30-20(12)14)31-5-3-4-6-31/h8-9H,2-6,10-11,27H2,1H3. The molecule has 0 atom stereocenters. The van der Waals surface area contributed by atoms with Crippen LogP contribution < -0.4 is 10.6 Å². The number of nitrogens with two attached hydrogens (primary N) is 1. The van der Waals surface area contributed by atoms with Crippen molar-refractivity contribution in [3.8, 4) is 17.3 Å². The van der Waals surface area contributed by atoms with Crippen LogP contribution in [0.2, 0.25) is 0 Å². The van der Waals surface area contributed by atoms with Gasteiger partial charge in [0.15, 0.2) is 5.82 Å². The lowest BCUT2D eigenvalue weighted by atomic mass is 9.88. The molecule has 0 amide bonds. The molecule has 4 aromatic rings. The fraction of sp³-hybridized carbons (Fsp3) is 0.333.